The van der Waals surface area contributed by atoms with Crippen LogP contribution in [-0.4, -0.2) is 34.9 Å². The van der Waals surface area contributed by atoms with Gasteiger partial charge in [0, 0.05) is 110 Å². The zero-order valence-corrected chi connectivity index (χ0v) is 65.0. The van der Waals surface area contributed by atoms with Crippen molar-refractivity contribution in [1.82, 2.24) is 34.9 Å². The summed E-state index contributed by atoms with van der Waals surface area (Å²) < 4.78 is 23.7. The molecule has 0 radical (unpaired) electrons. The first kappa shape index (κ1) is 67.6. The highest BCUT2D eigenvalue weighted by Crippen LogP contribution is 2.66. The van der Waals surface area contributed by atoms with Crippen LogP contribution in [0.3, 0.4) is 0 Å². The molecule has 5 aromatic heterocycles. The molecule has 2 aliphatic carbocycles. The highest BCUT2D eigenvalue weighted by molar-refractivity contribution is 7.26. The molecule has 7 heterocycles. The van der Waals surface area contributed by atoms with Gasteiger partial charge in [0.15, 0.2) is 34.9 Å². The molecule has 558 valence electrons. The zero-order valence-electron chi connectivity index (χ0n) is 64.1. The van der Waals surface area contributed by atoms with Crippen LogP contribution in [0, 0.1) is 0 Å². The molecule has 0 fully saturated rings. The average molecular weight is 1550 g/mol. The zero-order chi connectivity index (χ0) is 78.7. The summed E-state index contributed by atoms with van der Waals surface area (Å²) in [5.41, 5.74) is 27.3. The van der Waals surface area contributed by atoms with E-state index < -0.39 is 10.8 Å². The van der Waals surface area contributed by atoms with E-state index in [-0.39, 0.29) is 0 Å². The Balaban J connectivity index is 0.608. The first-order chi connectivity index (χ1) is 59.5. The van der Waals surface area contributed by atoms with E-state index in [1.165, 1.54) is 49.2 Å². The van der Waals surface area contributed by atoms with Gasteiger partial charge >= 0.3 is 0 Å². The number of aromatic nitrogens is 7. The Morgan fingerprint density at radius 3 is 1.33 bits per heavy atom. The van der Waals surface area contributed by atoms with E-state index >= 15 is 0 Å². The van der Waals surface area contributed by atoms with Crippen molar-refractivity contribution in [3.63, 3.8) is 0 Å². The lowest BCUT2D eigenvalue weighted by atomic mass is 9.65. The summed E-state index contributed by atoms with van der Waals surface area (Å²) in [6.45, 7) is 0. The number of para-hydroxylation sites is 4. The van der Waals surface area contributed by atoms with Gasteiger partial charge in [0.25, 0.3) is 0 Å². The molecule has 25 rings (SSSR count). The van der Waals surface area contributed by atoms with Crippen molar-refractivity contribution in [2.24, 2.45) is 0 Å². The van der Waals surface area contributed by atoms with Crippen LogP contribution in [-0.2, 0) is 10.8 Å². The van der Waals surface area contributed by atoms with E-state index in [1.807, 2.05) is 90.3 Å². The molecule has 21 aromatic rings. The lowest BCUT2D eigenvalue weighted by Gasteiger charge is -2.39. The fourth-order valence-electron chi connectivity index (χ4n) is 19.7. The number of hydrogen-bond acceptors (Lipinski definition) is 11. The molecule has 0 saturated carbocycles. The maximum atomic E-state index is 7.40. The lowest BCUT2D eigenvalue weighted by Crippen LogP contribution is -2.32. The fourth-order valence-corrected chi connectivity index (χ4v) is 21.0. The minimum Gasteiger partial charge on any atom is -0.457 e. The summed E-state index contributed by atoms with van der Waals surface area (Å²) in [5, 5.41) is 4.15. The van der Waals surface area contributed by atoms with Crippen LogP contribution in [0.15, 0.2) is 387 Å². The maximum Gasteiger partial charge on any atom is 0.167 e. The monoisotopic (exact) mass is 1550 g/mol. The van der Waals surface area contributed by atoms with E-state index in [4.69, 9.17) is 43.8 Å². The number of fused-ring (bicyclic) bond motifs is 24. The van der Waals surface area contributed by atoms with E-state index in [0.29, 0.717) is 40.5 Å². The number of nitrogens with zero attached hydrogens (tertiary/aromatic N) is 7. The minimum absolute atomic E-state index is 0.500. The molecule has 16 aromatic carbocycles. The summed E-state index contributed by atoms with van der Waals surface area (Å²) >= 11 is 1.82. The lowest BCUT2D eigenvalue weighted by molar-refractivity contribution is 0.436. The minimum atomic E-state index is -0.790. The predicted octanol–water partition coefficient (Wildman–Crippen LogP) is 27.3. The van der Waals surface area contributed by atoms with E-state index in [2.05, 4.69) is 302 Å². The van der Waals surface area contributed by atoms with Crippen molar-refractivity contribution in [2.45, 2.75) is 10.8 Å². The van der Waals surface area contributed by atoms with Crippen molar-refractivity contribution in [3.8, 4) is 158 Å². The van der Waals surface area contributed by atoms with Gasteiger partial charge in [-0.2, -0.15) is 0 Å². The highest BCUT2D eigenvalue weighted by Gasteiger charge is 2.53. The second-order valence-electron chi connectivity index (χ2n) is 31.2. The van der Waals surface area contributed by atoms with Gasteiger partial charge in [-0.25, -0.2) is 29.9 Å². The standard InChI is InChI=1S/C109H63N7O3S/c1-3-25-64(26-4-1)102-111-104(115-106(113-102)82-55-54-79(101-98(82)81-37-10-18-51-96(81)120-101)76-39-23-48-90-97(76)80-36-9-13-45-86(80)109(90)87-46-14-16-49-92(87)117-93-50-17-15-47-88(93)109)70-31-19-29-66(59-70)68-53-57-94-91(61-68)108(84-43-11-7-34-74(84)75-35-8-12-44-85(75)108)89-56-52-69(62-95(89)118-94)73-38-21-40-77-78-41-22-42-83(100(78)119-99(73)77)107-114-103(65-27-5-2-6-28-65)112-105(116-107)71-32-20-30-67(60-71)72-33-24-58-110-63-72/h1-63H. The van der Waals surface area contributed by atoms with E-state index in [0.717, 1.165) is 155 Å². The van der Waals surface area contributed by atoms with Gasteiger partial charge in [0.05, 0.1) is 16.4 Å². The summed E-state index contributed by atoms with van der Waals surface area (Å²) in [6.07, 6.45) is 3.65. The van der Waals surface area contributed by atoms with Crippen LogP contribution in [0.25, 0.3) is 177 Å². The smallest absolute Gasteiger partial charge is 0.167 e. The summed E-state index contributed by atoms with van der Waals surface area (Å²) in [4.78, 5) is 36.5. The van der Waals surface area contributed by atoms with Gasteiger partial charge in [-0.1, -0.05) is 303 Å². The Hall–Kier alpha value is -15.7. The number of rotatable bonds is 10. The van der Waals surface area contributed by atoms with Crippen molar-refractivity contribution >= 4 is 53.4 Å². The summed E-state index contributed by atoms with van der Waals surface area (Å²) in [7, 11) is 0. The molecule has 2 spiro atoms. The molecule has 0 N–H and O–H groups in total. The Kier molecular flexibility index (Phi) is 14.9. The molecule has 2 aliphatic heterocycles. The quantitative estimate of drug-likeness (QED) is 0.131. The molecular formula is C109H63N7O3S. The molecule has 0 atom stereocenters. The topological polar surface area (TPSA) is 122 Å². The normalized spacial score (nSPS) is 13.3. The molecule has 0 amide bonds. The van der Waals surface area contributed by atoms with Gasteiger partial charge in [0.1, 0.15) is 34.2 Å². The van der Waals surface area contributed by atoms with E-state index in [1.54, 1.807) is 6.20 Å². The van der Waals surface area contributed by atoms with Gasteiger partial charge in [-0.05, 0) is 139 Å². The van der Waals surface area contributed by atoms with Gasteiger partial charge in [-0.3, -0.25) is 4.98 Å². The molecule has 0 saturated heterocycles. The first-order valence-corrected chi connectivity index (χ1v) is 41.2. The van der Waals surface area contributed by atoms with Crippen LogP contribution >= 0.6 is 11.3 Å². The van der Waals surface area contributed by atoms with Crippen LogP contribution < -0.4 is 9.47 Å². The van der Waals surface area contributed by atoms with Gasteiger partial charge < -0.3 is 13.9 Å². The molecule has 4 aliphatic rings. The third kappa shape index (κ3) is 10.0. The maximum absolute atomic E-state index is 7.40. The van der Waals surface area contributed by atoms with Crippen LogP contribution in [0.2, 0.25) is 0 Å². The first-order valence-electron chi connectivity index (χ1n) is 40.4. The number of ether oxygens (including phenoxy) is 2. The Labute approximate surface area is 693 Å². The molecule has 120 heavy (non-hydrogen) atoms. The SMILES string of the molecule is c1ccc(-c2nc(-c3cccc(-c4cccnc4)c3)nc(-c3cccc4c3oc3c(-c5ccc6c(c5)Oc5ccc(-c7cccc(-c8nc(-c9ccccc9)nc(-c9ccc(-c%10cccc%11c%10-c%10ccccc%10C%11%10c%11ccccc%11Oc%11ccccc%11%10)c%10sc%11ccccc%11c9%10)n8)c7)cc5C65c6ccccc6-c6ccccc65)cccc34)n2)cc1. The number of furan rings is 1. The predicted molar refractivity (Wildman–Crippen MR) is 480 cm³/mol. The third-order valence-electron chi connectivity index (χ3n) is 24.9. The highest BCUT2D eigenvalue weighted by atomic mass is 32.1. The van der Waals surface area contributed by atoms with Crippen LogP contribution in [0.1, 0.15) is 44.5 Å². The second-order valence-corrected chi connectivity index (χ2v) is 32.2. The van der Waals surface area contributed by atoms with Crippen LogP contribution in [0.5, 0.6) is 23.0 Å². The largest absolute Gasteiger partial charge is 0.457 e. The van der Waals surface area contributed by atoms with Gasteiger partial charge in [-0.15, -0.1) is 11.3 Å². The number of benzene rings is 16. The fraction of sp³-hybridized carbons (Fsp3) is 0.0183. The Morgan fingerprint density at radius 1 is 0.233 bits per heavy atom. The molecule has 0 bridgehead atoms. The molecule has 10 nitrogen and oxygen atoms in total. The van der Waals surface area contributed by atoms with Crippen LogP contribution in [0.4, 0.5) is 0 Å². The Bertz CT molecular complexity index is 7800. The molecular weight excluding hydrogens is 1490 g/mol. The average Bonchev–Trinajstić information content (AvgIpc) is 1.47. The number of pyridine rings is 1. The summed E-state index contributed by atoms with van der Waals surface area (Å²) in [5.74, 6) is 6.59. The number of thiophene rings is 1. The third-order valence-corrected chi connectivity index (χ3v) is 26.1. The number of hydrogen-bond donors (Lipinski definition) is 0. The van der Waals surface area contributed by atoms with Crippen molar-refractivity contribution in [1.29, 1.82) is 0 Å². The van der Waals surface area contributed by atoms with Crippen molar-refractivity contribution in [3.05, 3.63) is 427 Å². The Morgan fingerprint density at radius 2 is 0.667 bits per heavy atom. The van der Waals surface area contributed by atoms with Crippen molar-refractivity contribution in [2.75, 3.05) is 0 Å². The summed E-state index contributed by atoms with van der Waals surface area (Å²) in [6, 6.07) is 131. The molecule has 11 heteroatoms. The van der Waals surface area contributed by atoms with Gasteiger partial charge in [0.2, 0.25) is 0 Å². The van der Waals surface area contributed by atoms with E-state index in [9.17, 15) is 0 Å². The van der Waals surface area contributed by atoms with Crippen molar-refractivity contribution < 1.29 is 13.9 Å². The molecule has 0 unspecified atom stereocenters. The second kappa shape index (κ2) is 26.4.